The molecule has 1 fully saturated rings. The lowest BCUT2D eigenvalue weighted by Crippen LogP contribution is -2.33. The van der Waals surface area contributed by atoms with Crippen molar-refractivity contribution in [1.82, 2.24) is 4.57 Å². The number of hydrogen-bond acceptors (Lipinski definition) is 3. The van der Waals surface area contributed by atoms with Gasteiger partial charge < -0.3 is 14.6 Å². The lowest BCUT2D eigenvalue weighted by Gasteiger charge is -2.20. The first kappa shape index (κ1) is 20.9. The standard InChI is InChI=1S/C21H24Cl2N2O3/c1-2-19(28-16-5-3-4-6-16)21(27)24-15-8-10-20(26)25(13-15)12-14-7-9-17(22)18(23)11-14/h7-11,13,16,19H,2-6,12H2,1H3,(H,24,27). The molecule has 1 aliphatic carbocycles. The summed E-state index contributed by atoms with van der Waals surface area (Å²) in [6, 6.07) is 8.28. The summed E-state index contributed by atoms with van der Waals surface area (Å²) in [4.78, 5) is 24.8. The molecule has 1 amide bonds. The SMILES string of the molecule is CCC(OC1CCCC1)C(=O)Nc1ccc(=O)n(Cc2ccc(Cl)c(Cl)c2)c1. The van der Waals surface area contributed by atoms with Gasteiger partial charge in [-0.3, -0.25) is 9.59 Å². The molecule has 1 aliphatic rings. The molecule has 1 N–H and O–H groups in total. The number of nitrogens with zero attached hydrogens (tertiary/aromatic N) is 1. The Morgan fingerprint density at radius 1 is 1.21 bits per heavy atom. The van der Waals surface area contributed by atoms with Gasteiger partial charge in [0.15, 0.2) is 0 Å². The molecule has 0 spiro atoms. The third kappa shape index (κ3) is 5.37. The highest BCUT2D eigenvalue weighted by Gasteiger charge is 2.24. The number of nitrogens with one attached hydrogen (secondary N) is 1. The summed E-state index contributed by atoms with van der Waals surface area (Å²) in [5, 5.41) is 3.77. The van der Waals surface area contributed by atoms with E-state index in [4.69, 9.17) is 27.9 Å². The van der Waals surface area contributed by atoms with Gasteiger partial charge in [0.25, 0.3) is 11.5 Å². The van der Waals surface area contributed by atoms with Crippen LogP contribution in [0.15, 0.2) is 41.3 Å². The molecule has 0 saturated heterocycles. The summed E-state index contributed by atoms with van der Waals surface area (Å²) in [7, 11) is 0. The lowest BCUT2D eigenvalue weighted by atomic mass is 10.2. The van der Waals surface area contributed by atoms with E-state index in [-0.39, 0.29) is 17.6 Å². The van der Waals surface area contributed by atoms with Crippen LogP contribution in [0.3, 0.4) is 0 Å². The Morgan fingerprint density at radius 3 is 2.64 bits per heavy atom. The largest absolute Gasteiger partial charge is 0.365 e. The molecule has 150 valence electrons. The average Bonchev–Trinajstić information content (AvgIpc) is 3.18. The van der Waals surface area contributed by atoms with E-state index in [1.165, 1.54) is 10.6 Å². The summed E-state index contributed by atoms with van der Waals surface area (Å²) < 4.78 is 7.48. The molecule has 0 radical (unpaired) electrons. The van der Waals surface area contributed by atoms with Crippen molar-refractivity contribution in [3.63, 3.8) is 0 Å². The lowest BCUT2D eigenvalue weighted by molar-refractivity contribution is -0.131. The average molecular weight is 423 g/mol. The molecular weight excluding hydrogens is 399 g/mol. The number of amides is 1. The quantitative estimate of drug-likeness (QED) is 0.691. The fourth-order valence-corrected chi connectivity index (χ4v) is 3.71. The van der Waals surface area contributed by atoms with Crippen LogP contribution >= 0.6 is 23.2 Å². The first-order valence-electron chi connectivity index (χ1n) is 9.57. The summed E-state index contributed by atoms with van der Waals surface area (Å²) in [6.07, 6.45) is 6.25. The molecule has 2 aromatic rings. The third-order valence-electron chi connectivity index (χ3n) is 4.91. The van der Waals surface area contributed by atoms with Gasteiger partial charge >= 0.3 is 0 Å². The monoisotopic (exact) mass is 422 g/mol. The van der Waals surface area contributed by atoms with Gasteiger partial charge in [-0.1, -0.05) is 49.0 Å². The van der Waals surface area contributed by atoms with Crippen LogP contribution in [0.1, 0.15) is 44.6 Å². The van der Waals surface area contributed by atoms with Crippen LogP contribution in [0, 0.1) is 0 Å². The predicted octanol–water partition coefficient (Wildman–Crippen LogP) is 4.88. The maximum absolute atomic E-state index is 12.6. The number of carbonyl (C=O) groups is 1. The summed E-state index contributed by atoms with van der Waals surface area (Å²) in [6.45, 7) is 2.26. The highest BCUT2D eigenvalue weighted by atomic mass is 35.5. The predicted molar refractivity (Wildman–Crippen MR) is 112 cm³/mol. The van der Waals surface area contributed by atoms with Crippen LogP contribution in [0.5, 0.6) is 0 Å². The van der Waals surface area contributed by atoms with Crippen LogP contribution < -0.4 is 10.9 Å². The van der Waals surface area contributed by atoms with Crippen LogP contribution in [0.25, 0.3) is 0 Å². The molecule has 0 bridgehead atoms. The van der Waals surface area contributed by atoms with Gasteiger partial charge in [-0.15, -0.1) is 0 Å². The van der Waals surface area contributed by atoms with Gasteiger partial charge in [0, 0.05) is 12.3 Å². The molecule has 1 saturated carbocycles. The topological polar surface area (TPSA) is 60.3 Å². The van der Waals surface area contributed by atoms with E-state index in [1.54, 1.807) is 24.4 Å². The Labute approximate surface area is 174 Å². The number of carbonyl (C=O) groups excluding carboxylic acids is 1. The van der Waals surface area contributed by atoms with Gasteiger partial charge in [0.2, 0.25) is 0 Å². The second-order valence-electron chi connectivity index (χ2n) is 7.06. The minimum atomic E-state index is -0.487. The van der Waals surface area contributed by atoms with Gasteiger partial charge in [-0.25, -0.2) is 0 Å². The number of pyridine rings is 1. The molecule has 3 rings (SSSR count). The van der Waals surface area contributed by atoms with Gasteiger partial charge in [0.1, 0.15) is 6.10 Å². The van der Waals surface area contributed by atoms with E-state index in [1.807, 2.05) is 13.0 Å². The van der Waals surface area contributed by atoms with Crippen molar-refractivity contribution >= 4 is 34.8 Å². The summed E-state index contributed by atoms with van der Waals surface area (Å²) in [5.41, 5.74) is 1.23. The van der Waals surface area contributed by atoms with Crippen molar-refractivity contribution < 1.29 is 9.53 Å². The van der Waals surface area contributed by atoms with E-state index in [0.717, 1.165) is 31.2 Å². The van der Waals surface area contributed by atoms with Crippen LogP contribution in [-0.4, -0.2) is 22.7 Å². The molecule has 0 aliphatic heterocycles. The number of ether oxygens (including phenoxy) is 1. The van der Waals surface area contributed by atoms with Crippen molar-refractivity contribution in [2.45, 2.75) is 57.8 Å². The fraction of sp³-hybridized carbons (Fsp3) is 0.429. The van der Waals surface area contributed by atoms with Crippen LogP contribution in [0.2, 0.25) is 10.0 Å². The van der Waals surface area contributed by atoms with Crippen molar-refractivity contribution in [1.29, 1.82) is 0 Å². The molecular formula is C21H24Cl2N2O3. The maximum Gasteiger partial charge on any atom is 0.253 e. The zero-order chi connectivity index (χ0) is 20.1. The molecule has 7 heteroatoms. The normalized spacial score (nSPS) is 15.5. The van der Waals surface area contributed by atoms with Gasteiger partial charge in [-0.05, 0) is 43.0 Å². The first-order chi connectivity index (χ1) is 13.5. The molecule has 28 heavy (non-hydrogen) atoms. The highest BCUT2D eigenvalue weighted by molar-refractivity contribution is 6.42. The summed E-state index contributed by atoms with van der Waals surface area (Å²) >= 11 is 12.0. The van der Waals surface area contributed by atoms with Crippen LogP contribution in [0.4, 0.5) is 5.69 Å². The molecule has 1 heterocycles. The third-order valence-corrected chi connectivity index (χ3v) is 5.65. The smallest absolute Gasteiger partial charge is 0.253 e. The minimum absolute atomic E-state index is 0.166. The first-order valence-corrected chi connectivity index (χ1v) is 10.3. The maximum atomic E-state index is 12.6. The second kappa shape index (κ2) is 9.59. The van der Waals surface area contributed by atoms with Gasteiger partial charge in [-0.2, -0.15) is 0 Å². The Balaban J connectivity index is 1.70. The van der Waals surface area contributed by atoms with E-state index < -0.39 is 6.10 Å². The Kier molecular flexibility index (Phi) is 7.16. The van der Waals surface area contributed by atoms with Crippen molar-refractivity contribution in [2.24, 2.45) is 0 Å². The molecule has 1 aromatic heterocycles. The Morgan fingerprint density at radius 2 is 1.96 bits per heavy atom. The molecule has 5 nitrogen and oxygen atoms in total. The zero-order valence-electron chi connectivity index (χ0n) is 15.8. The number of aromatic nitrogens is 1. The summed E-state index contributed by atoms with van der Waals surface area (Å²) in [5.74, 6) is -0.186. The van der Waals surface area contributed by atoms with Crippen LogP contribution in [-0.2, 0) is 16.1 Å². The van der Waals surface area contributed by atoms with Gasteiger partial charge in [0.05, 0.1) is 28.4 Å². The van der Waals surface area contributed by atoms with Crippen molar-refractivity contribution in [3.8, 4) is 0 Å². The molecule has 1 unspecified atom stereocenters. The number of benzene rings is 1. The Bertz CT molecular complexity index is 891. The minimum Gasteiger partial charge on any atom is -0.365 e. The number of rotatable bonds is 7. The van der Waals surface area contributed by atoms with Crippen molar-refractivity contribution in [2.75, 3.05) is 5.32 Å². The molecule has 1 atom stereocenters. The fourth-order valence-electron chi connectivity index (χ4n) is 3.39. The number of halogens is 2. The van der Waals surface area contributed by atoms with E-state index in [2.05, 4.69) is 5.32 Å². The zero-order valence-corrected chi connectivity index (χ0v) is 17.3. The number of anilines is 1. The highest BCUT2D eigenvalue weighted by Crippen LogP contribution is 2.24. The van der Waals surface area contributed by atoms with E-state index in [9.17, 15) is 9.59 Å². The second-order valence-corrected chi connectivity index (χ2v) is 7.88. The van der Waals surface area contributed by atoms with Crippen molar-refractivity contribution in [3.05, 3.63) is 62.5 Å². The number of hydrogen-bond donors (Lipinski definition) is 1. The Hall–Kier alpha value is -1.82. The molecule has 1 aromatic carbocycles. The van der Waals surface area contributed by atoms with E-state index in [0.29, 0.717) is 28.7 Å². The van der Waals surface area contributed by atoms with E-state index >= 15 is 0 Å².